The molecule has 2 heteroatoms. The van der Waals surface area contributed by atoms with Gasteiger partial charge in [-0.1, -0.05) is 6.42 Å². The summed E-state index contributed by atoms with van der Waals surface area (Å²) in [6.45, 7) is 5.55. The number of hydrogen-bond acceptors (Lipinski definition) is 2. The standard InChI is InChI=1S/C10H20O2/c1-9(8-11)6-4-5-7-10(2,3)12/h8,11-12H,4-7H2,1-3H3. The number of aliphatic hydroxyl groups excluding tert-OH is 1. The molecule has 0 aliphatic rings. The second-order valence-corrected chi connectivity index (χ2v) is 3.99. The van der Waals surface area contributed by atoms with E-state index in [9.17, 15) is 5.11 Å². The first-order valence-corrected chi connectivity index (χ1v) is 4.48. The van der Waals surface area contributed by atoms with Gasteiger partial charge in [-0.2, -0.15) is 0 Å². The Morgan fingerprint density at radius 1 is 1.33 bits per heavy atom. The topological polar surface area (TPSA) is 40.5 Å². The second-order valence-electron chi connectivity index (χ2n) is 3.99. The van der Waals surface area contributed by atoms with Crippen LogP contribution in [-0.2, 0) is 0 Å². The molecule has 0 rings (SSSR count). The molecule has 0 aromatic heterocycles. The lowest BCUT2D eigenvalue weighted by Gasteiger charge is -2.16. The summed E-state index contributed by atoms with van der Waals surface area (Å²) in [5.74, 6) is 0. The van der Waals surface area contributed by atoms with Crippen molar-refractivity contribution in [3.05, 3.63) is 11.8 Å². The van der Waals surface area contributed by atoms with Crippen LogP contribution in [-0.4, -0.2) is 15.8 Å². The van der Waals surface area contributed by atoms with Gasteiger partial charge >= 0.3 is 0 Å². The van der Waals surface area contributed by atoms with Crippen molar-refractivity contribution < 1.29 is 10.2 Å². The molecule has 0 bridgehead atoms. The van der Waals surface area contributed by atoms with Crippen LogP contribution in [0.2, 0.25) is 0 Å². The van der Waals surface area contributed by atoms with Gasteiger partial charge in [0, 0.05) is 0 Å². The molecular formula is C10H20O2. The molecule has 0 unspecified atom stereocenters. The lowest BCUT2D eigenvalue weighted by molar-refractivity contribution is 0.0682. The van der Waals surface area contributed by atoms with Crippen LogP contribution < -0.4 is 0 Å². The normalized spacial score (nSPS) is 13.5. The van der Waals surface area contributed by atoms with Crippen molar-refractivity contribution in [1.82, 2.24) is 0 Å². The van der Waals surface area contributed by atoms with E-state index >= 15 is 0 Å². The zero-order valence-corrected chi connectivity index (χ0v) is 8.30. The molecule has 0 saturated carbocycles. The molecule has 0 radical (unpaired) electrons. The zero-order valence-electron chi connectivity index (χ0n) is 8.30. The van der Waals surface area contributed by atoms with E-state index < -0.39 is 5.60 Å². The van der Waals surface area contributed by atoms with E-state index in [4.69, 9.17) is 5.11 Å². The van der Waals surface area contributed by atoms with Gasteiger partial charge in [0.15, 0.2) is 0 Å². The van der Waals surface area contributed by atoms with Crippen LogP contribution in [0.4, 0.5) is 0 Å². The zero-order chi connectivity index (χ0) is 9.61. The van der Waals surface area contributed by atoms with Crippen LogP contribution in [0.1, 0.15) is 46.5 Å². The second kappa shape index (κ2) is 5.20. The van der Waals surface area contributed by atoms with E-state index in [2.05, 4.69) is 0 Å². The monoisotopic (exact) mass is 172 g/mol. The van der Waals surface area contributed by atoms with E-state index in [1.54, 1.807) is 0 Å². The maximum absolute atomic E-state index is 9.38. The average molecular weight is 172 g/mol. The van der Waals surface area contributed by atoms with Gasteiger partial charge in [0.25, 0.3) is 0 Å². The number of unbranched alkanes of at least 4 members (excludes halogenated alkanes) is 1. The van der Waals surface area contributed by atoms with Crippen LogP contribution in [0.15, 0.2) is 11.8 Å². The van der Waals surface area contributed by atoms with E-state index in [-0.39, 0.29) is 0 Å². The molecular weight excluding hydrogens is 152 g/mol. The lowest BCUT2D eigenvalue weighted by Crippen LogP contribution is -2.17. The number of rotatable bonds is 5. The molecule has 0 saturated heterocycles. The van der Waals surface area contributed by atoms with Gasteiger partial charge in [0.2, 0.25) is 0 Å². The fourth-order valence-electron chi connectivity index (χ4n) is 1.03. The van der Waals surface area contributed by atoms with Crippen LogP contribution >= 0.6 is 0 Å². The summed E-state index contributed by atoms with van der Waals surface area (Å²) in [6, 6.07) is 0. The third kappa shape index (κ3) is 7.61. The largest absolute Gasteiger partial charge is 0.516 e. The third-order valence-electron chi connectivity index (χ3n) is 1.83. The quantitative estimate of drug-likeness (QED) is 0.494. The van der Waals surface area contributed by atoms with Crippen molar-refractivity contribution in [2.45, 2.75) is 52.1 Å². The van der Waals surface area contributed by atoms with Gasteiger partial charge < -0.3 is 10.2 Å². The highest BCUT2D eigenvalue weighted by molar-refractivity contribution is 4.91. The Hall–Kier alpha value is -0.500. The number of allylic oxidation sites excluding steroid dienone is 1. The molecule has 0 aliphatic carbocycles. The predicted octanol–water partition coefficient (Wildman–Crippen LogP) is 2.78. The fourth-order valence-corrected chi connectivity index (χ4v) is 1.03. The molecule has 0 amide bonds. The molecule has 0 spiro atoms. The summed E-state index contributed by atoms with van der Waals surface area (Å²) in [5, 5.41) is 18.0. The first-order chi connectivity index (χ1) is 5.45. The van der Waals surface area contributed by atoms with E-state index in [0.717, 1.165) is 37.5 Å². The Balaban J connectivity index is 3.34. The Kier molecular flexibility index (Phi) is 4.98. The van der Waals surface area contributed by atoms with Gasteiger partial charge in [0.05, 0.1) is 11.9 Å². The number of hydrogen-bond donors (Lipinski definition) is 2. The van der Waals surface area contributed by atoms with Crippen molar-refractivity contribution in [3.63, 3.8) is 0 Å². The molecule has 72 valence electrons. The van der Waals surface area contributed by atoms with Gasteiger partial charge in [-0.15, -0.1) is 0 Å². The number of aliphatic hydroxyl groups is 2. The summed E-state index contributed by atoms with van der Waals surface area (Å²) >= 11 is 0. The molecule has 0 aromatic carbocycles. The highest BCUT2D eigenvalue weighted by Gasteiger charge is 2.10. The average Bonchev–Trinajstić information content (AvgIpc) is 1.96. The summed E-state index contributed by atoms with van der Waals surface area (Å²) in [6.07, 6.45) is 4.95. The maximum Gasteiger partial charge on any atom is 0.0780 e. The van der Waals surface area contributed by atoms with Crippen molar-refractivity contribution in [3.8, 4) is 0 Å². The molecule has 2 nitrogen and oxygen atoms in total. The lowest BCUT2D eigenvalue weighted by atomic mass is 10.00. The molecule has 0 aliphatic heterocycles. The first kappa shape index (κ1) is 11.5. The summed E-state index contributed by atoms with van der Waals surface area (Å²) in [5.41, 5.74) is 0.461. The summed E-state index contributed by atoms with van der Waals surface area (Å²) in [7, 11) is 0. The minimum absolute atomic E-state index is 0.545. The SMILES string of the molecule is CC(=CO)CCCCC(C)(C)O. The maximum atomic E-state index is 9.38. The summed E-state index contributed by atoms with van der Waals surface area (Å²) < 4.78 is 0. The van der Waals surface area contributed by atoms with Gasteiger partial charge in [0.1, 0.15) is 0 Å². The van der Waals surface area contributed by atoms with Crippen molar-refractivity contribution in [2.24, 2.45) is 0 Å². The summed E-state index contributed by atoms with van der Waals surface area (Å²) in [4.78, 5) is 0. The predicted molar refractivity (Wildman–Crippen MR) is 51.2 cm³/mol. The highest BCUT2D eigenvalue weighted by atomic mass is 16.3. The minimum Gasteiger partial charge on any atom is -0.516 e. The minimum atomic E-state index is -0.545. The van der Waals surface area contributed by atoms with Gasteiger partial charge in [-0.05, 0) is 45.6 Å². The Morgan fingerprint density at radius 3 is 2.33 bits per heavy atom. The Bertz CT molecular complexity index is 142. The third-order valence-corrected chi connectivity index (χ3v) is 1.83. The van der Waals surface area contributed by atoms with Crippen molar-refractivity contribution >= 4 is 0 Å². The van der Waals surface area contributed by atoms with E-state index in [1.807, 2.05) is 20.8 Å². The fraction of sp³-hybridized carbons (Fsp3) is 0.800. The molecule has 0 fully saturated rings. The van der Waals surface area contributed by atoms with E-state index in [0.29, 0.717) is 0 Å². The van der Waals surface area contributed by atoms with Crippen molar-refractivity contribution in [2.75, 3.05) is 0 Å². The molecule has 12 heavy (non-hydrogen) atoms. The molecule has 0 aromatic rings. The molecule has 0 heterocycles. The van der Waals surface area contributed by atoms with Crippen molar-refractivity contribution in [1.29, 1.82) is 0 Å². The molecule has 2 N–H and O–H groups in total. The van der Waals surface area contributed by atoms with E-state index in [1.165, 1.54) is 0 Å². The molecule has 0 atom stereocenters. The van der Waals surface area contributed by atoms with Crippen LogP contribution in [0.3, 0.4) is 0 Å². The smallest absolute Gasteiger partial charge is 0.0780 e. The van der Waals surface area contributed by atoms with Crippen LogP contribution in [0, 0.1) is 0 Å². The first-order valence-electron chi connectivity index (χ1n) is 4.48. The van der Waals surface area contributed by atoms with Crippen LogP contribution in [0.25, 0.3) is 0 Å². The van der Waals surface area contributed by atoms with Gasteiger partial charge in [-0.25, -0.2) is 0 Å². The Labute approximate surface area is 74.9 Å². The van der Waals surface area contributed by atoms with Gasteiger partial charge in [-0.3, -0.25) is 0 Å². The van der Waals surface area contributed by atoms with Crippen LogP contribution in [0.5, 0.6) is 0 Å². The Morgan fingerprint density at radius 2 is 1.92 bits per heavy atom. The highest BCUT2D eigenvalue weighted by Crippen LogP contribution is 2.14.